The number of esters is 1. The third kappa shape index (κ3) is 6.75. The number of carbonyl (C=O) groups excluding carboxylic acids is 1. The Bertz CT molecular complexity index is 1200. The zero-order chi connectivity index (χ0) is 27.2. The molecule has 2 aliphatic heterocycles. The minimum atomic E-state index is -0.822. The number of hydrogen-bond acceptors (Lipinski definition) is 7. The van der Waals surface area contributed by atoms with Crippen LogP contribution in [0.1, 0.15) is 52.9 Å². The maximum Gasteiger partial charge on any atom is 0.343 e. The third-order valence-electron chi connectivity index (χ3n) is 8.10. The van der Waals surface area contributed by atoms with Gasteiger partial charge >= 0.3 is 5.97 Å². The number of ether oxygens (including phenoxy) is 2. The fourth-order valence-electron chi connectivity index (χ4n) is 5.48. The van der Waals surface area contributed by atoms with Crippen LogP contribution >= 0.6 is 0 Å². The number of aliphatic hydroxyl groups excluding tert-OH is 1. The zero-order valence-electron chi connectivity index (χ0n) is 22.5. The van der Waals surface area contributed by atoms with E-state index in [4.69, 9.17) is 9.47 Å². The van der Waals surface area contributed by atoms with Crippen molar-refractivity contribution in [1.82, 2.24) is 9.80 Å². The summed E-state index contributed by atoms with van der Waals surface area (Å²) in [5, 5.41) is 22.2. The van der Waals surface area contributed by atoms with Crippen molar-refractivity contribution in [3.8, 4) is 5.75 Å². The molecule has 2 aliphatic rings. The van der Waals surface area contributed by atoms with E-state index in [1.54, 1.807) is 36.4 Å². The second kappa shape index (κ2) is 12.4. The minimum Gasteiger partial charge on any atom is -0.423 e. The van der Waals surface area contributed by atoms with Crippen molar-refractivity contribution < 1.29 is 24.5 Å². The largest absolute Gasteiger partial charge is 0.423 e. The molecule has 0 saturated carbocycles. The molecule has 3 aromatic rings. The van der Waals surface area contributed by atoms with Gasteiger partial charge in [0.25, 0.3) is 0 Å². The lowest BCUT2D eigenvalue weighted by atomic mass is 9.83. The average molecular weight is 531 g/mol. The van der Waals surface area contributed by atoms with E-state index in [1.165, 1.54) is 0 Å². The van der Waals surface area contributed by atoms with E-state index in [0.717, 1.165) is 49.5 Å². The highest BCUT2D eigenvalue weighted by Gasteiger charge is 2.36. The zero-order valence-corrected chi connectivity index (χ0v) is 22.5. The topological polar surface area (TPSA) is 82.5 Å². The molecular weight excluding hydrogens is 492 g/mol. The van der Waals surface area contributed by atoms with Crippen LogP contribution in [0.4, 0.5) is 0 Å². The molecule has 206 valence electrons. The molecule has 5 rings (SSSR count). The molecule has 0 bridgehead atoms. The predicted octanol–water partition coefficient (Wildman–Crippen LogP) is 4.14. The number of rotatable bonds is 8. The van der Waals surface area contributed by atoms with Crippen LogP contribution in [0.3, 0.4) is 0 Å². The molecular formula is C32H38N2O5. The second-order valence-corrected chi connectivity index (χ2v) is 10.7. The van der Waals surface area contributed by atoms with Gasteiger partial charge in [0.1, 0.15) is 5.75 Å². The first-order chi connectivity index (χ1) is 18.9. The standard InChI is InChI=1S/C32H38N2O5/c1-24(34-17-15-32(37,16-18-34)28-5-3-2-4-6-28)30(35)26-11-13-29(14-12-26)39-31(36)27-9-7-25(8-10-27)23-33-19-21-38-22-20-33/h2-14,24,30,35,37H,15-23H2,1H3/t24-,30-/m0/s1. The lowest BCUT2D eigenvalue weighted by Crippen LogP contribution is -2.47. The molecule has 7 heteroatoms. The highest BCUT2D eigenvalue weighted by atomic mass is 16.5. The Morgan fingerprint density at radius 2 is 1.56 bits per heavy atom. The van der Waals surface area contributed by atoms with Gasteiger partial charge in [0.15, 0.2) is 0 Å². The Balaban J connectivity index is 1.13. The first-order valence-electron chi connectivity index (χ1n) is 13.8. The molecule has 7 nitrogen and oxygen atoms in total. The summed E-state index contributed by atoms with van der Waals surface area (Å²) >= 11 is 0. The summed E-state index contributed by atoms with van der Waals surface area (Å²) in [6.07, 6.45) is 0.547. The predicted molar refractivity (Wildman–Crippen MR) is 150 cm³/mol. The monoisotopic (exact) mass is 530 g/mol. The molecule has 0 unspecified atom stereocenters. The number of aliphatic hydroxyl groups is 2. The quantitative estimate of drug-likeness (QED) is 0.335. The lowest BCUT2D eigenvalue weighted by molar-refractivity contribution is -0.0501. The summed E-state index contributed by atoms with van der Waals surface area (Å²) < 4.78 is 11.0. The second-order valence-electron chi connectivity index (χ2n) is 10.7. The molecule has 0 radical (unpaired) electrons. The molecule has 2 atom stereocenters. The number of benzene rings is 3. The van der Waals surface area contributed by atoms with Crippen LogP contribution in [0.5, 0.6) is 5.75 Å². The highest BCUT2D eigenvalue weighted by molar-refractivity contribution is 5.91. The van der Waals surface area contributed by atoms with E-state index in [1.807, 2.05) is 49.4 Å². The molecule has 0 amide bonds. The molecule has 2 N–H and O–H groups in total. The normalized spacial score (nSPS) is 19.8. The van der Waals surface area contributed by atoms with Crippen LogP contribution in [-0.2, 0) is 16.9 Å². The van der Waals surface area contributed by atoms with Crippen molar-refractivity contribution in [1.29, 1.82) is 0 Å². The number of nitrogens with zero attached hydrogens (tertiary/aromatic N) is 2. The Labute approximate surface area is 230 Å². The van der Waals surface area contributed by atoms with Gasteiger partial charge in [-0.25, -0.2) is 4.79 Å². The van der Waals surface area contributed by atoms with Gasteiger partial charge in [0, 0.05) is 38.8 Å². The van der Waals surface area contributed by atoms with E-state index in [9.17, 15) is 15.0 Å². The lowest BCUT2D eigenvalue weighted by Gasteiger charge is -2.42. The highest BCUT2D eigenvalue weighted by Crippen LogP contribution is 2.35. The molecule has 2 fully saturated rings. The van der Waals surface area contributed by atoms with Crippen molar-refractivity contribution in [2.45, 2.75) is 44.1 Å². The van der Waals surface area contributed by atoms with Crippen LogP contribution in [0, 0.1) is 0 Å². The summed E-state index contributed by atoms with van der Waals surface area (Å²) in [7, 11) is 0. The molecule has 2 saturated heterocycles. The summed E-state index contributed by atoms with van der Waals surface area (Å²) in [6.45, 7) is 7.61. The summed E-state index contributed by atoms with van der Waals surface area (Å²) in [5.41, 5.74) is 2.54. The van der Waals surface area contributed by atoms with Crippen LogP contribution in [0.2, 0.25) is 0 Å². The fraction of sp³-hybridized carbons (Fsp3) is 0.406. The van der Waals surface area contributed by atoms with Gasteiger partial charge in [0.2, 0.25) is 0 Å². The average Bonchev–Trinajstić information content (AvgIpc) is 2.98. The molecule has 0 aliphatic carbocycles. The number of hydrogen-bond donors (Lipinski definition) is 2. The maximum absolute atomic E-state index is 12.7. The number of likely N-dealkylation sites (tertiary alicyclic amines) is 1. The SMILES string of the molecule is C[C@@H]([C@H](O)c1ccc(OC(=O)c2ccc(CN3CCOCC3)cc2)cc1)N1CCC(O)(c2ccccc2)CC1. The van der Waals surface area contributed by atoms with E-state index >= 15 is 0 Å². The summed E-state index contributed by atoms with van der Waals surface area (Å²) in [5.74, 6) is 0.0284. The minimum absolute atomic E-state index is 0.116. The van der Waals surface area contributed by atoms with Gasteiger partial charge in [-0.05, 0) is 60.7 Å². The van der Waals surface area contributed by atoms with Gasteiger partial charge in [-0.15, -0.1) is 0 Å². The molecule has 39 heavy (non-hydrogen) atoms. The Morgan fingerprint density at radius 1 is 0.923 bits per heavy atom. The van der Waals surface area contributed by atoms with Crippen molar-refractivity contribution in [2.24, 2.45) is 0 Å². The van der Waals surface area contributed by atoms with Crippen molar-refractivity contribution in [3.05, 3.63) is 101 Å². The van der Waals surface area contributed by atoms with Crippen LogP contribution in [-0.4, -0.2) is 71.4 Å². The van der Waals surface area contributed by atoms with Gasteiger partial charge in [0.05, 0.1) is 30.5 Å². The molecule has 2 heterocycles. The number of piperidine rings is 1. The van der Waals surface area contributed by atoms with Crippen LogP contribution < -0.4 is 4.74 Å². The van der Waals surface area contributed by atoms with Gasteiger partial charge < -0.3 is 19.7 Å². The maximum atomic E-state index is 12.7. The van der Waals surface area contributed by atoms with E-state index in [-0.39, 0.29) is 6.04 Å². The third-order valence-corrected chi connectivity index (χ3v) is 8.10. The number of morpholine rings is 1. The fourth-order valence-corrected chi connectivity index (χ4v) is 5.48. The summed E-state index contributed by atoms with van der Waals surface area (Å²) in [4.78, 5) is 17.2. The molecule has 3 aromatic carbocycles. The van der Waals surface area contributed by atoms with E-state index in [0.29, 0.717) is 37.2 Å². The molecule has 0 aromatic heterocycles. The van der Waals surface area contributed by atoms with Crippen molar-refractivity contribution >= 4 is 5.97 Å². The smallest absolute Gasteiger partial charge is 0.343 e. The van der Waals surface area contributed by atoms with Crippen LogP contribution in [0.15, 0.2) is 78.9 Å². The Morgan fingerprint density at radius 3 is 2.21 bits per heavy atom. The Kier molecular flexibility index (Phi) is 8.75. The first kappa shape index (κ1) is 27.5. The Hall–Kier alpha value is -3.07. The van der Waals surface area contributed by atoms with Gasteiger partial charge in [-0.3, -0.25) is 9.80 Å². The van der Waals surface area contributed by atoms with Gasteiger partial charge in [-0.2, -0.15) is 0 Å². The van der Waals surface area contributed by atoms with E-state index < -0.39 is 17.7 Å². The summed E-state index contributed by atoms with van der Waals surface area (Å²) in [6, 6.07) is 24.3. The molecule has 0 spiro atoms. The van der Waals surface area contributed by atoms with Crippen LogP contribution in [0.25, 0.3) is 0 Å². The van der Waals surface area contributed by atoms with Gasteiger partial charge in [-0.1, -0.05) is 54.6 Å². The van der Waals surface area contributed by atoms with Crippen molar-refractivity contribution in [3.63, 3.8) is 0 Å². The van der Waals surface area contributed by atoms with E-state index in [2.05, 4.69) is 9.80 Å². The van der Waals surface area contributed by atoms with Crippen molar-refractivity contribution in [2.75, 3.05) is 39.4 Å². The number of carbonyl (C=O) groups is 1. The first-order valence-corrected chi connectivity index (χ1v) is 13.8.